The lowest BCUT2D eigenvalue weighted by Crippen LogP contribution is -2.49. The predicted molar refractivity (Wildman–Crippen MR) is 106 cm³/mol. The molecule has 0 bridgehead atoms. The first-order chi connectivity index (χ1) is 13.2. The van der Waals surface area contributed by atoms with E-state index in [4.69, 9.17) is 4.74 Å². The second-order valence-corrected chi connectivity index (χ2v) is 7.26. The van der Waals surface area contributed by atoms with Gasteiger partial charge in [-0.3, -0.25) is 0 Å². The Balaban J connectivity index is 2.09. The van der Waals surface area contributed by atoms with Gasteiger partial charge in [-0.1, -0.05) is 6.07 Å². The maximum absolute atomic E-state index is 13.4. The third kappa shape index (κ3) is 6.29. The summed E-state index contributed by atoms with van der Waals surface area (Å²) in [5.74, 6) is 0.733. The molecule has 1 heterocycles. The van der Waals surface area contributed by atoms with Crippen molar-refractivity contribution < 1.29 is 17.9 Å². The van der Waals surface area contributed by atoms with Crippen LogP contribution in [0.5, 0.6) is 5.75 Å². The summed E-state index contributed by atoms with van der Waals surface area (Å²) in [4.78, 5) is 6.83. The summed E-state index contributed by atoms with van der Waals surface area (Å²) >= 11 is 0. The SMILES string of the molecule is CCNC(=NCc1ccc(OC)cc1C(F)(F)F)NC1CCN(C(C)C)CC1. The Morgan fingerprint density at radius 1 is 1.29 bits per heavy atom. The second-order valence-electron chi connectivity index (χ2n) is 7.26. The van der Waals surface area contributed by atoms with E-state index in [1.807, 2.05) is 6.92 Å². The molecule has 1 aromatic rings. The van der Waals surface area contributed by atoms with E-state index in [2.05, 4.69) is 34.4 Å². The van der Waals surface area contributed by atoms with Crippen LogP contribution in [-0.2, 0) is 12.7 Å². The number of alkyl halides is 3. The van der Waals surface area contributed by atoms with Crippen molar-refractivity contribution in [2.45, 2.75) is 58.4 Å². The Kier molecular flexibility index (Phi) is 7.98. The molecule has 0 radical (unpaired) electrons. The molecular weight excluding hydrogens is 369 g/mol. The van der Waals surface area contributed by atoms with Crippen molar-refractivity contribution in [2.24, 2.45) is 4.99 Å². The number of nitrogens with zero attached hydrogens (tertiary/aromatic N) is 2. The summed E-state index contributed by atoms with van der Waals surface area (Å²) < 4.78 is 45.0. The number of hydrogen-bond acceptors (Lipinski definition) is 3. The fraction of sp³-hybridized carbons (Fsp3) is 0.650. The molecule has 0 spiro atoms. The number of aliphatic imine (C=N–C) groups is 1. The van der Waals surface area contributed by atoms with Gasteiger partial charge in [-0.05, 0) is 51.3 Å². The van der Waals surface area contributed by atoms with Crippen molar-refractivity contribution in [3.63, 3.8) is 0 Å². The minimum Gasteiger partial charge on any atom is -0.497 e. The number of nitrogens with one attached hydrogen (secondary N) is 2. The third-order valence-corrected chi connectivity index (χ3v) is 4.97. The molecular formula is C20H31F3N4O. The summed E-state index contributed by atoms with van der Waals surface area (Å²) in [7, 11) is 1.35. The molecule has 0 aromatic heterocycles. The monoisotopic (exact) mass is 400 g/mol. The van der Waals surface area contributed by atoms with Gasteiger partial charge in [-0.15, -0.1) is 0 Å². The second kappa shape index (κ2) is 10.0. The molecule has 0 atom stereocenters. The maximum atomic E-state index is 13.4. The summed E-state index contributed by atoms with van der Waals surface area (Å²) in [6.45, 7) is 8.91. The lowest BCUT2D eigenvalue weighted by atomic mass is 10.0. The van der Waals surface area contributed by atoms with Gasteiger partial charge in [0.05, 0.1) is 19.2 Å². The number of rotatable bonds is 6. The normalized spacial score (nSPS) is 17.1. The highest BCUT2D eigenvalue weighted by atomic mass is 19.4. The summed E-state index contributed by atoms with van der Waals surface area (Å²) in [5, 5.41) is 6.51. The van der Waals surface area contributed by atoms with Crippen LogP contribution in [0.3, 0.4) is 0 Å². The van der Waals surface area contributed by atoms with Crippen LogP contribution in [0.25, 0.3) is 0 Å². The third-order valence-electron chi connectivity index (χ3n) is 4.97. The van der Waals surface area contributed by atoms with Crippen LogP contribution in [0.15, 0.2) is 23.2 Å². The van der Waals surface area contributed by atoms with Crippen molar-refractivity contribution in [2.75, 3.05) is 26.7 Å². The molecule has 28 heavy (non-hydrogen) atoms. The van der Waals surface area contributed by atoms with E-state index in [1.54, 1.807) is 0 Å². The van der Waals surface area contributed by atoms with Crippen LogP contribution >= 0.6 is 0 Å². The number of methoxy groups -OCH3 is 1. The molecule has 1 aromatic carbocycles. The van der Waals surface area contributed by atoms with Crippen molar-refractivity contribution >= 4 is 5.96 Å². The average molecular weight is 400 g/mol. The van der Waals surface area contributed by atoms with Crippen molar-refractivity contribution in [1.29, 1.82) is 0 Å². The molecule has 0 amide bonds. The first kappa shape index (κ1) is 22.3. The standard InChI is InChI=1S/C20H31F3N4O/c1-5-24-19(26-16-8-10-27(11-9-16)14(2)3)25-13-15-6-7-17(28-4)12-18(15)20(21,22)23/h6-7,12,14,16H,5,8-11,13H2,1-4H3,(H2,24,25,26). The molecule has 1 aliphatic heterocycles. The van der Waals surface area contributed by atoms with E-state index in [-0.39, 0.29) is 23.9 Å². The highest BCUT2D eigenvalue weighted by Crippen LogP contribution is 2.34. The van der Waals surface area contributed by atoms with Gasteiger partial charge in [0.25, 0.3) is 0 Å². The molecule has 158 valence electrons. The van der Waals surface area contributed by atoms with E-state index in [9.17, 15) is 13.2 Å². The zero-order valence-corrected chi connectivity index (χ0v) is 17.1. The molecule has 1 aliphatic rings. The largest absolute Gasteiger partial charge is 0.497 e. The first-order valence-corrected chi connectivity index (χ1v) is 9.77. The minimum atomic E-state index is -4.45. The number of halogens is 3. The smallest absolute Gasteiger partial charge is 0.416 e. The number of benzene rings is 1. The molecule has 1 fully saturated rings. The van der Waals surface area contributed by atoms with Crippen LogP contribution in [0.2, 0.25) is 0 Å². The molecule has 0 aliphatic carbocycles. The van der Waals surface area contributed by atoms with E-state index in [0.717, 1.165) is 32.0 Å². The highest BCUT2D eigenvalue weighted by molar-refractivity contribution is 5.80. The molecule has 5 nitrogen and oxygen atoms in total. The lowest BCUT2D eigenvalue weighted by molar-refractivity contribution is -0.138. The van der Waals surface area contributed by atoms with Crippen molar-refractivity contribution in [3.8, 4) is 5.75 Å². The van der Waals surface area contributed by atoms with Crippen LogP contribution in [0.1, 0.15) is 44.7 Å². The number of piperidine rings is 1. The quantitative estimate of drug-likeness (QED) is 0.565. The molecule has 8 heteroatoms. The fourth-order valence-corrected chi connectivity index (χ4v) is 3.32. The zero-order chi connectivity index (χ0) is 20.7. The highest BCUT2D eigenvalue weighted by Gasteiger charge is 2.33. The van der Waals surface area contributed by atoms with Gasteiger partial charge >= 0.3 is 6.18 Å². The minimum absolute atomic E-state index is 0.0565. The summed E-state index contributed by atoms with van der Waals surface area (Å²) in [6, 6.07) is 4.77. The Bertz CT molecular complexity index is 653. The van der Waals surface area contributed by atoms with E-state index >= 15 is 0 Å². The summed E-state index contributed by atoms with van der Waals surface area (Å²) in [6.07, 6.45) is -2.48. The summed E-state index contributed by atoms with van der Waals surface area (Å²) in [5.41, 5.74) is -0.586. The van der Waals surface area contributed by atoms with Gasteiger partial charge in [0, 0.05) is 31.7 Å². The van der Waals surface area contributed by atoms with Gasteiger partial charge < -0.3 is 20.3 Å². The molecule has 2 N–H and O–H groups in total. The Labute approximate surface area is 165 Å². The molecule has 0 saturated carbocycles. The Morgan fingerprint density at radius 3 is 2.50 bits per heavy atom. The molecule has 1 saturated heterocycles. The Hall–Kier alpha value is -1.96. The van der Waals surface area contributed by atoms with Gasteiger partial charge in [0.1, 0.15) is 5.75 Å². The number of hydrogen-bond donors (Lipinski definition) is 2. The van der Waals surface area contributed by atoms with Crippen LogP contribution in [0, 0.1) is 0 Å². The topological polar surface area (TPSA) is 48.9 Å². The van der Waals surface area contributed by atoms with E-state index < -0.39 is 11.7 Å². The average Bonchev–Trinajstić information content (AvgIpc) is 2.66. The Morgan fingerprint density at radius 2 is 1.96 bits per heavy atom. The zero-order valence-electron chi connectivity index (χ0n) is 17.1. The molecule has 0 unspecified atom stereocenters. The van der Waals surface area contributed by atoms with Gasteiger partial charge in [0.2, 0.25) is 0 Å². The van der Waals surface area contributed by atoms with E-state index in [0.29, 0.717) is 18.5 Å². The number of ether oxygens (including phenoxy) is 1. The number of guanidine groups is 1. The van der Waals surface area contributed by atoms with Crippen LogP contribution < -0.4 is 15.4 Å². The lowest BCUT2D eigenvalue weighted by Gasteiger charge is -2.35. The van der Waals surface area contributed by atoms with Crippen molar-refractivity contribution in [1.82, 2.24) is 15.5 Å². The first-order valence-electron chi connectivity index (χ1n) is 9.77. The van der Waals surface area contributed by atoms with Crippen LogP contribution in [-0.4, -0.2) is 49.7 Å². The van der Waals surface area contributed by atoms with Crippen molar-refractivity contribution in [3.05, 3.63) is 29.3 Å². The van der Waals surface area contributed by atoms with Gasteiger partial charge in [-0.2, -0.15) is 13.2 Å². The fourth-order valence-electron chi connectivity index (χ4n) is 3.32. The van der Waals surface area contributed by atoms with Gasteiger partial charge in [0.15, 0.2) is 5.96 Å². The van der Waals surface area contributed by atoms with Crippen LogP contribution in [0.4, 0.5) is 13.2 Å². The maximum Gasteiger partial charge on any atom is 0.416 e. The van der Waals surface area contributed by atoms with E-state index in [1.165, 1.54) is 19.2 Å². The predicted octanol–water partition coefficient (Wildman–Crippen LogP) is 3.64. The number of likely N-dealkylation sites (tertiary alicyclic amines) is 1. The molecule has 2 rings (SSSR count). The van der Waals surface area contributed by atoms with Gasteiger partial charge in [-0.25, -0.2) is 4.99 Å².